The first-order chi connectivity index (χ1) is 36.9. The Labute approximate surface area is 448 Å². The smallest absolute Gasteiger partial charge is 0.326 e. The molecule has 6 rings (SSSR count). The van der Waals surface area contributed by atoms with Crippen molar-refractivity contribution in [2.75, 3.05) is 19.6 Å². The number of aromatic nitrogens is 1. The molecule has 4 aromatic carbocycles. The van der Waals surface area contributed by atoms with E-state index in [4.69, 9.17) is 0 Å². The number of urea groups is 1. The van der Waals surface area contributed by atoms with Crippen LogP contribution in [0.15, 0.2) is 115 Å². The maximum atomic E-state index is 14.1. The highest BCUT2D eigenvalue weighted by atomic mass is 16.4. The largest absolute Gasteiger partial charge is 0.480 e. The third-order valence-electron chi connectivity index (χ3n) is 13.3. The number of H-pyrrole nitrogens is 1. The van der Waals surface area contributed by atoms with Crippen molar-refractivity contribution in [1.82, 2.24) is 47.1 Å². The summed E-state index contributed by atoms with van der Waals surface area (Å²) in [6, 6.07) is 24.0. The fourth-order valence-electron chi connectivity index (χ4n) is 9.04. The minimum atomic E-state index is -1.34. The molecule has 1 aliphatic heterocycles. The highest BCUT2D eigenvalue weighted by molar-refractivity contribution is 6.09. The van der Waals surface area contributed by atoms with Crippen molar-refractivity contribution in [2.24, 2.45) is 5.92 Å². The van der Waals surface area contributed by atoms with E-state index in [2.05, 4.69) is 42.2 Å². The molecule has 0 spiro atoms. The molecular weight excluding hydrogens is 983 g/mol. The van der Waals surface area contributed by atoms with Crippen LogP contribution in [0.4, 0.5) is 4.79 Å². The number of hydrogen-bond donors (Lipinski definition) is 9. The number of likely N-dealkylation sites (tertiary alicyclic amines) is 1. The monoisotopic (exact) mass is 1050 g/mol. The lowest BCUT2D eigenvalue weighted by Gasteiger charge is -2.28. The van der Waals surface area contributed by atoms with Crippen molar-refractivity contribution < 1.29 is 48.3 Å². The van der Waals surface area contributed by atoms with Gasteiger partial charge in [-0.15, -0.1) is 0 Å². The lowest BCUT2D eigenvalue weighted by molar-refractivity contribution is -0.142. The van der Waals surface area contributed by atoms with Crippen LogP contribution < -0.4 is 37.2 Å². The number of carboxylic acid groups (broad SMARTS) is 1. The van der Waals surface area contributed by atoms with Crippen LogP contribution >= 0.6 is 0 Å². The number of para-hydroxylation sites is 1. The van der Waals surface area contributed by atoms with Crippen molar-refractivity contribution in [1.29, 1.82) is 0 Å². The maximum absolute atomic E-state index is 14.1. The normalized spacial score (nSPS) is 14.8. The van der Waals surface area contributed by atoms with Crippen molar-refractivity contribution in [2.45, 2.75) is 122 Å². The fraction of sp³-hybridized carbons (Fsp3) is 0.397. The number of aromatic amines is 1. The molecule has 19 nitrogen and oxygen atoms in total. The number of rotatable bonds is 25. The van der Waals surface area contributed by atoms with Crippen molar-refractivity contribution in [3.8, 4) is 0 Å². The molecule has 2 heterocycles. The highest BCUT2D eigenvalue weighted by Gasteiger charge is 2.32. The summed E-state index contributed by atoms with van der Waals surface area (Å²) in [5.41, 5.74) is 3.68. The maximum Gasteiger partial charge on any atom is 0.326 e. The predicted molar refractivity (Wildman–Crippen MR) is 290 cm³/mol. The number of aliphatic carboxylic acids is 1. The second-order valence-electron chi connectivity index (χ2n) is 20.0. The summed E-state index contributed by atoms with van der Waals surface area (Å²) < 4.78 is 0. The van der Waals surface area contributed by atoms with Gasteiger partial charge in [0.05, 0.1) is 0 Å². The molecule has 0 radical (unpaired) electrons. The zero-order valence-electron chi connectivity index (χ0n) is 44.1. The number of ketones is 1. The van der Waals surface area contributed by atoms with Crippen LogP contribution in [-0.4, -0.2) is 124 Å². The first-order valence-corrected chi connectivity index (χ1v) is 26.3. The van der Waals surface area contributed by atoms with Gasteiger partial charge in [0.15, 0.2) is 5.78 Å². The number of carbonyl (C=O) groups is 9. The number of carbonyl (C=O) groups excluding carboxylic acids is 8. The molecule has 0 aliphatic carbocycles. The van der Waals surface area contributed by atoms with E-state index >= 15 is 0 Å². The van der Waals surface area contributed by atoms with Gasteiger partial charge in [0.2, 0.25) is 35.4 Å². The Balaban J connectivity index is 1.05. The third kappa shape index (κ3) is 17.6. The molecule has 5 aromatic rings. The number of carboxylic acids is 1. The number of fused-ring (bicyclic) bond motifs is 1. The Morgan fingerprint density at radius 3 is 1.73 bits per heavy atom. The summed E-state index contributed by atoms with van der Waals surface area (Å²) in [6.07, 6.45) is 5.53. The number of benzene rings is 4. The molecule has 77 heavy (non-hydrogen) atoms. The molecule has 8 amide bonds. The zero-order chi connectivity index (χ0) is 55.4. The first kappa shape index (κ1) is 57.9. The molecule has 6 atom stereocenters. The summed E-state index contributed by atoms with van der Waals surface area (Å²) >= 11 is 0. The zero-order valence-corrected chi connectivity index (χ0v) is 44.1. The number of amides is 8. The van der Waals surface area contributed by atoms with Crippen LogP contribution in [0.25, 0.3) is 10.9 Å². The topological polar surface area (TPSA) is 277 Å². The van der Waals surface area contributed by atoms with Crippen LogP contribution in [-0.2, 0) is 52.8 Å². The molecule has 408 valence electrons. The minimum Gasteiger partial charge on any atom is -0.480 e. The Morgan fingerprint density at radius 1 is 0.532 bits per heavy atom. The van der Waals surface area contributed by atoms with E-state index in [0.717, 1.165) is 42.1 Å². The van der Waals surface area contributed by atoms with Crippen LogP contribution in [0.1, 0.15) is 98.8 Å². The molecular formula is C58H71N9O10. The van der Waals surface area contributed by atoms with Crippen LogP contribution in [0.3, 0.4) is 0 Å². The van der Waals surface area contributed by atoms with Crippen LogP contribution in [0.5, 0.6) is 0 Å². The quantitative estimate of drug-likeness (QED) is 0.0370. The number of hydrogen-bond acceptors (Lipinski definition) is 9. The van der Waals surface area contributed by atoms with E-state index in [1.165, 1.54) is 13.8 Å². The van der Waals surface area contributed by atoms with Gasteiger partial charge in [-0.2, -0.15) is 0 Å². The van der Waals surface area contributed by atoms with E-state index < -0.39 is 77.7 Å². The molecule has 19 heteroatoms. The lowest BCUT2D eigenvalue weighted by atomic mass is 9.99. The van der Waals surface area contributed by atoms with E-state index in [1.807, 2.05) is 38.1 Å². The molecule has 0 unspecified atom stereocenters. The molecule has 1 fully saturated rings. The SMILES string of the molecule is CC(C)C[C@H](NC(=O)N1CCCCCC1)C(=O)N[C@@H](Cc1c[nH]c2ccccc12)C(=O)N[C@@H](C)C(=O)NCCC(=O)N[C@@H](C)C(=O)N[C@H](Cc1ccc(C(=O)c2ccccc2)cc1)C(=O)N[C@@H](Cc1ccccc1)C(=O)O. The Morgan fingerprint density at radius 2 is 1.06 bits per heavy atom. The summed E-state index contributed by atoms with van der Waals surface area (Å²) in [6.45, 7) is 7.72. The fourth-order valence-corrected chi connectivity index (χ4v) is 9.04. The van der Waals surface area contributed by atoms with Crippen molar-refractivity contribution in [3.05, 3.63) is 143 Å². The van der Waals surface area contributed by atoms with Gasteiger partial charge < -0.3 is 52.2 Å². The van der Waals surface area contributed by atoms with Gasteiger partial charge >= 0.3 is 12.0 Å². The molecule has 1 saturated heterocycles. The highest BCUT2D eigenvalue weighted by Crippen LogP contribution is 2.20. The van der Waals surface area contributed by atoms with Gasteiger partial charge in [-0.3, -0.25) is 33.6 Å². The number of nitrogens with one attached hydrogen (secondary N) is 8. The van der Waals surface area contributed by atoms with Crippen molar-refractivity contribution >= 4 is 64.1 Å². The second-order valence-corrected chi connectivity index (χ2v) is 20.0. The summed E-state index contributed by atoms with van der Waals surface area (Å²) in [5, 5.41) is 29.7. The predicted octanol–water partition coefficient (Wildman–Crippen LogP) is 4.48. The molecule has 0 saturated carbocycles. The minimum absolute atomic E-state index is 0.0272. The second kappa shape index (κ2) is 28.5. The van der Waals surface area contributed by atoms with E-state index in [-0.39, 0.29) is 50.0 Å². The standard InChI is InChI=1S/C58H71N9O10/c1-36(2)31-46(66-58(77)67-29-15-5-6-16-30-67)55(73)64-48(34-43-35-60-45-22-14-13-21-44(43)45)54(72)62-37(3)52(70)59-28-27-50(68)61-38(4)53(71)63-47(56(74)65-49(57(75)76)33-39-17-9-7-10-18-39)32-40-23-25-42(26-24-40)51(69)41-19-11-8-12-20-41/h7-14,17-26,35-38,46-49,60H,5-6,15-16,27-34H2,1-4H3,(H,59,70)(H,61,68)(H,62,72)(H,63,71)(H,64,73)(H,65,74)(H,66,77)(H,75,76)/t37-,38-,46-,47+,48-,49-/m0/s1. The average Bonchev–Trinajstić information content (AvgIpc) is 3.62. The van der Waals surface area contributed by atoms with Gasteiger partial charge in [-0.1, -0.05) is 130 Å². The third-order valence-corrected chi connectivity index (χ3v) is 13.3. The van der Waals surface area contributed by atoms with E-state index in [9.17, 15) is 48.3 Å². The van der Waals surface area contributed by atoms with Crippen LogP contribution in [0.2, 0.25) is 0 Å². The molecule has 9 N–H and O–H groups in total. The summed E-state index contributed by atoms with van der Waals surface area (Å²) in [5.74, 6) is -5.46. The van der Waals surface area contributed by atoms with E-state index in [0.29, 0.717) is 41.8 Å². The molecule has 0 bridgehead atoms. The average molecular weight is 1050 g/mol. The van der Waals surface area contributed by atoms with E-state index in [1.54, 1.807) is 96.0 Å². The van der Waals surface area contributed by atoms with Gasteiger partial charge in [0.1, 0.15) is 36.3 Å². The van der Waals surface area contributed by atoms with Gasteiger partial charge in [0, 0.05) is 73.5 Å². The van der Waals surface area contributed by atoms with Gasteiger partial charge in [0.25, 0.3) is 0 Å². The Bertz CT molecular complexity index is 2830. The first-order valence-electron chi connectivity index (χ1n) is 26.3. The molecule has 1 aliphatic rings. The molecule has 1 aromatic heterocycles. The summed E-state index contributed by atoms with van der Waals surface area (Å²) in [7, 11) is 0. The van der Waals surface area contributed by atoms with Crippen molar-refractivity contribution in [3.63, 3.8) is 0 Å². The van der Waals surface area contributed by atoms with Gasteiger partial charge in [-0.25, -0.2) is 9.59 Å². The Kier molecular flexibility index (Phi) is 21.5. The van der Waals surface area contributed by atoms with Gasteiger partial charge in [-0.05, 0) is 61.8 Å². The Hall–Kier alpha value is -8.35. The number of nitrogens with zero attached hydrogens (tertiary/aromatic N) is 1. The van der Waals surface area contributed by atoms with Crippen LogP contribution in [0, 0.1) is 5.92 Å². The summed E-state index contributed by atoms with van der Waals surface area (Å²) in [4.78, 5) is 126. The lowest BCUT2D eigenvalue weighted by Crippen LogP contribution is -2.58.